The van der Waals surface area contributed by atoms with Gasteiger partial charge in [0.1, 0.15) is 5.82 Å². The lowest BCUT2D eigenvalue weighted by Crippen LogP contribution is -1.89. The van der Waals surface area contributed by atoms with Gasteiger partial charge in [-0.2, -0.15) is 5.10 Å². The number of aromatic nitrogens is 3. The summed E-state index contributed by atoms with van der Waals surface area (Å²) in [6.45, 7) is 2.00. The largest absolute Gasteiger partial charge is 0.232 e. The third kappa shape index (κ3) is 1.05. The fourth-order valence-electron chi connectivity index (χ4n) is 1.07. The highest BCUT2D eigenvalue weighted by Gasteiger charge is 2.00. The first-order valence-corrected chi connectivity index (χ1v) is 3.79. The van der Waals surface area contributed by atoms with E-state index in [2.05, 4.69) is 10.1 Å². The maximum Gasteiger partial charge on any atom is 0.156 e. The Morgan fingerprint density at radius 3 is 3.17 bits per heavy atom. The van der Waals surface area contributed by atoms with Gasteiger partial charge in [0.25, 0.3) is 0 Å². The van der Waals surface area contributed by atoms with Gasteiger partial charge in [-0.05, 0) is 6.42 Å². The van der Waals surface area contributed by atoms with Crippen molar-refractivity contribution < 1.29 is 4.39 Å². The summed E-state index contributed by atoms with van der Waals surface area (Å²) in [5, 5.41) is 3.83. The summed E-state index contributed by atoms with van der Waals surface area (Å²) >= 11 is 0. The Kier molecular flexibility index (Phi) is 1.53. The monoisotopic (exact) mass is 165 g/mol. The van der Waals surface area contributed by atoms with Gasteiger partial charge in [-0.3, -0.25) is 0 Å². The molecule has 0 bridgehead atoms. The van der Waals surface area contributed by atoms with Gasteiger partial charge in [0.05, 0.1) is 18.1 Å². The number of nitrogens with zero attached hydrogens (tertiary/aromatic N) is 3. The van der Waals surface area contributed by atoms with Crippen molar-refractivity contribution >= 4 is 5.65 Å². The lowest BCUT2D eigenvalue weighted by atomic mass is 10.4. The molecule has 2 aromatic heterocycles. The zero-order chi connectivity index (χ0) is 8.55. The van der Waals surface area contributed by atoms with Crippen LogP contribution in [0.3, 0.4) is 0 Å². The summed E-state index contributed by atoms with van der Waals surface area (Å²) in [6, 6.07) is 1.37. The van der Waals surface area contributed by atoms with E-state index < -0.39 is 0 Å². The number of hydrogen-bond donors (Lipinski definition) is 0. The van der Waals surface area contributed by atoms with Gasteiger partial charge in [0, 0.05) is 6.07 Å². The smallest absolute Gasteiger partial charge is 0.156 e. The van der Waals surface area contributed by atoms with Gasteiger partial charge in [-0.25, -0.2) is 13.9 Å². The lowest BCUT2D eigenvalue weighted by Gasteiger charge is -1.88. The number of fused-ring (bicyclic) bond motifs is 1. The summed E-state index contributed by atoms with van der Waals surface area (Å²) in [4.78, 5) is 4.15. The van der Waals surface area contributed by atoms with Crippen LogP contribution in [-0.4, -0.2) is 14.6 Å². The molecule has 0 N–H and O–H groups in total. The van der Waals surface area contributed by atoms with Crippen LogP contribution >= 0.6 is 0 Å². The molecule has 2 aromatic rings. The summed E-state index contributed by atoms with van der Waals surface area (Å²) in [5.74, 6) is -0.351. The second kappa shape index (κ2) is 2.55. The van der Waals surface area contributed by atoms with Crippen molar-refractivity contribution in [3.63, 3.8) is 0 Å². The van der Waals surface area contributed by atoms with Crippen molar-refractivity contribution in [3.8, 4) is 0 Å². The summed E-state index contributed by atoms with van der Waals surface area (Å²) in [5.41, 5.74) is 1.49. The van der Waals surface area contributed by atoms with E-state index in [1.54, 1.807) is 10.7 Å². The Bertz CT molecular complexity index is 408. The average Bonchev–Trinajstić information content (AvgIpc) is 2.46. The van der Waals surface area contributed by atoms with Crippen molar-refractivity contribution in [1.29, 1.82) is 0 Å². The molecule has 0 amide bonds. The molecule has 4 heteroatoms. The third-order valence-corrected chi connectivity index (χ3v) is 1.70. The molecule has 12 heavy (non-hydrogen) atoms. The van der Waals surface area contributed by atoms with Gasteiger partial charge in [-0.15, -0.1) is 0 Å². The maximum atomic E-state index is 12.6. The predicted octanol–water partition coefficient (Wildman–Crippen LogP) is 1.43. The van der Waals surface area contributed by atoms with E-state index >= 15 is 0 Å². The van der Waals surface area contributed by atoms with Crippen LogP contribution in [0, 0.1) is 5.82 Å². The summed E-state index contributed by atoms with van der Waals surface area (Å²) < 4.78 is 14.2. The molecule has 0 aromatic carbocycles. The Balaban J connectivity index is 2.67. The van der Waals surface area contributed by atoms with Gasteiger partial charge in [0.15, 0.2) is 5.65 Å². The first kappa shape index (κ1) is 7.21. The van der Waals surface area contributed by atoms with Crippen LogP contribution < -0.4 is 0 Å². The van der Waals surface area contributed by atoms with Crippen molar-refractivity contribution in [2.24, 2.45) is 0 Å². The molecule has 2 rings (SSSR count). The van der Waals surface area contributed by atoms with E-state index in [1.807, 2.05) is 6.92 Å². The van der Waals surface area contributed by atoms with Crippen LogP contribution in [0.5, 0.6) is 0 Å². The number of halogens is 1. The molecular formula is C8H8FN3. The molecule has 62 valence electrons. The topological polar surface area (TPSA) is 30.2 Å². The van der Waals surface area contributed by atoms with E-state index in [1.165, 1.54) is 12.3 Å². The van der Waals surface area contributed by atoms with Crippen molar-refractivity contribution in [1.82, 2.24) is 14.6 Å². The van der Waals surface area contributed by atoms with E-state index in [0.29, 0.717) is 5.65 Å². The van der Waals surface area contributed by atoms with Crippen LogP contribution in [0.4, 0.5) is 4.39 Å². The molecule has 0 aliphatic heterocycles. The van der Waals surface area contributed by atoms with E-state index in [-0.39, 0.29) is 5.82 Å². The minimum atomic E-state index is -0.351. The fourth-order valence-corrected chi connectivity index (χ4v) is 1.07. The van der Waals surface area contributed by atoms with Crippen LogP contribution in [-0.2, 0) is 6.42 Å². The Labute approximate surface area is 68.9 Å². The molecule has 0 radical (unpaired) electrons. The lowest BCUT2D eigenvalue weighted by molar-refractivity contribution is 0.614. The van der Waals surface area contributed by atoms with Crippen molar-refractivity contribution in [3.05, 3.63) is 30.0 Å². The molecule has 0 saturated heterocycles. The second-order valence-electron chi connectivity index (χ2n) is 2.56. The van der Waals surface area contributed by atoms with Crippen molar-refractivity contribution in [2.45, 2.75) is 13.3 Å². The second-order valence-corrected chi connectivity index (χ2v) is 2.56. The SMILES string of the molecule is CCc1cn2ncc(F)cc2n1. The third-order valence-electron chi connectivity index (χ3n) is 1.70. The molecular weight excluding hydrogens is 157 g/mol. The van der Waals surface area contributed by atoms with E-state index in [0.717, 1.165) is 12.1 Å². The van der Waals surface area contributed by atoms with Crippen LogP contribution in [0.15, 0.2) is 18.5 Å². The minimum absolute atomic E-state index is 0.351. The molecule has 0 unspecified atom stereocenters. The predicted molar refractivity (Wildman–Crippen MR) is 42.3 cm³/mol. The number of aryl methyl sites for hydroxylation is 1. The zero-order valence-electron chi connectivity index (χ0n) is 6.66. The number of rotatable bonds is 1. The highest BCUT2D eigenvalue weighted by molar-refractivity contribution is 5.37. The Hall–Kier alpha value is -1.45. The summed E-state index contributed by atoms with van der Waals surface area (Å²) in [7, 11) is 0. The zero-order valence-corrected chi connectivity index (χ0v) is 6.66. The highest BCUT2D eigenvalue weighted by atomic mass is 19.1. The highest BCUT2D eigenvalue weighted by Crippen LogP contribution is 2.04. The van der Waals surface area contributed by atoms with Crippen LogP contribution in [0.1, 0.15) is 12.6 Å². The standard InChI is InChI=1S/C8H8FN3/c1-2-7-5-12-8(11-7)3-6(9)4-10-12/h3-5H,2H2,1H3. The first-order valence-electron chi connectivity index (χ1n) is 3.79. The molecule has 0 saturated carbocycles. The van der Waals surface area contributed by atoms with Gasteiger partial charge in [-0.1, -0.05) is 6.92 Å². The Morgan fingerprint density at radius 2 is 2.42 bits per heavy atom. The van der Waals surface area contributed by atoms with Gasteiger partial charge >= 0.3 is 0 Å². The maximum absolute atomic E-state index is 12.6. The molecule has 0 spiro atoms. The molecule has 0 fully saturated rings. The Morgan fingerprint density at radius 1 is 1.58 bits per heavy atom. The normalized spacial score (nSPS) is 10.8. The van der Waals surface area contributed by atoms with Crippen molar-refractivity contribution in [2.75, 3.05) is 0 Å². The molecule has 0 aliphatic carbocycles. The number of hydrogen-bond acceptors (Lipinski definition) is 2. The average molecular weight is 165 g/mol. The van der Waals surface area contributed by atoms with Crippen LogP contribution in [0.25, 0.3) is 5.65 Å². The van der Waals surface area contributed by atoms with Crippen LogP contribution in [0.2, 0.25) is 0 Å². The van der Waals surface area contributed by atoms with Gasteiger partial charge in [0.2, 0.25) is 0 Å². The molecule has 0 atom stereocenters. The number of imidazole rings is 1. The minimum Gasteiger partial charge on any atom is -0.232 e. The quantitative estimate of drug-likeness (QED) is 0.639. The fraction of sp³-hybridized carbons (Fsp3) is 0.250. The first-order chi connectivity index (χ1) is 5.79. The van der Waals surface area contributed by atoms with E-state index in [4.69, 9.17) is 0 Å². The van der Waals surface area contributed by atoms with E-state index in [9.17, 15) is 4.39 Å². The molecule has 2 heterocycles. The van der Waals surface area contributed by atoms with Gasteiger partial charge < -0.3 is 0 Å². The molecule has 0 aliphatic rings. The molecule has 3 nitrogen and oxygen atoms in total. The summed E-state index contributed by atoms with van der Waals surface area (Å²) in [6.07, 6.45) is 3.81.